The number of nitrogens with zero attached hydrogens (tertiary/aromatic N) is 4. The number of hydrogen-bond acceptors (Lipinski definition) is 5. The lowest BCUT2D eigenvalue weighted by atomic mass is 9.92. The molecule has 2 aromatic rings. The van der Waals surface area contributed by atoms with Crippen LogP contribution in [0.5, 0.6) is 0 Å². The SMILES string of the molecule is CN(C)S(=O)(=O)N1CCC[C@H](c2nccnc2-c2cccc(C(N)=O)c2)C1. The van der Waals surface area contributed by atoms with Gasteiger partial charge in [0.15, 0.2) is 0 Å². The highest BCUT2D eigenvalue weighted by molar-refractivity contribution is 7.86. The van der Waals surface area contributed by atoms with Gasteiger partial charge in [0.25, 0.3) is 10.2 Å². The summed E-state index contributed by atoms with van der Waals surface area (Å²) in [5.41, 5.74) is 7.90. The highest BCUT2D eigenvalue weighted by Gasteiger charge is 2.32. The molecule has 9 heteroatoms. The van der Waals surface area contributed by atoms with Gasteiger partial charge in [0.1, 0.15) is 0 Å². The lowest BCUT2D eigenvalue weighted by Gasteiger charge is -2.33. The molecule has 3 rings (SSSR count). The number of hydrogen-bond donors (Lipinski definition) is 1. The van der Waals surface area contributed by atoms with Crippen LogP contribution in [0.2, 0.25) is 0 Å². The van der Waals surface area contributed by atoms with Crippen molar-refractivity contribution in [2.45, 2.75) is 18.8 Å². The van der Waals surface area contributed by atoms with Crippen LogP contribution < -0.4 is 5.73 Å². The van der Waals surface area contributed by atoms with Crippen LogP contribution in [0.1, 0.15) is 34.8 Å². The highest BCUT2D eigenvalue weighted by Crippen LogP contribution is 2.33. The number of carbonyl (C=O) groups is 1. The number of benzene rings is 1. The van der Waals surface area contributed by atoms with Crippen LogP contribution in [0.4, 0.5) is 0 Å². The summed E-state index contributed by atoms with van der Waals surface area (Å²) in [5, 5.41) is 0. The summed E-state index contributed by atoms with van der Waals surface area (Å²) in [6, 6.07) is 6.93. The maximum atomic E-state index is 12.5. The monoisotopic (exact) mass is 389 g/mol. The van der Waals surface area contributed by atoms with E-state index in [0.717, 1.165) is 24.1 Å². The number of aromatic nitrogens is 2. The van der Waals surface area contributed by atoms with Gasteiger partial charge in [-0.15, -0.1) is 0 Å². The first kappa shape index (κ1) is 19.4. The molecule has 1 fully saturated rings. The molecule has 1 aromatic heterocycles. The minimum atomic E-state index is -3.48. The van der Waals surface area contributed by atoms with E-state index in [2.05, 4.69) is 9.97 Å². The van der Waals surface area contributed by atoms with Crippen LogP contribution in [0.3, 0.4) is 0 Å². The van der Waals surface area contributed by atoms with E-state index < -0.39 is 16.1 Å². The molecule has 27 heavy (non-hydrogen) atoms. The Labute approximate surface area is 159 Å². The highest BCUT2D eigenvalue weighted by atomic mass is 32.2. The minimum absolute atomic E-state index is 0.0746. The van der Waals surface area contributed by atoms with Gasteiger partial charge >= 0.3 is 0 Å². The molecule has 0 bridgehead atoms. The topological polar surface area (TPSA) is 109 Å². The third-order valence-electron chi connectivity index (χ3n) is 4.71. The average molecular weight is 389 g/mol. The van der Waals surface area contributed by atoms with E-state index in [1.54, 1.807) is 30.6 Å². The fourth-order valence-electron chi connectivity index (χ4n) is 3.30. The fraction of sp³-hybridized carbons (Fsp3) is 0.389. The summed E-state index contributed by atoms with van der Waals surface area (Å²) in [4.78, 5) is 20.5. The molecule has 2 heterocycles. The van der Waals surface area contributed by atoms with Crippen molar-refractivity contribution in [2.24, 2.45) is 5.73 Å². The van der Waals surface area contributed by atoms with Gasteiger partial charge in [-0.05, 0) is 25.0 Å². The number of rotatable bonds is 5. The summed E-state index contributed by atoms with van der Waals surface area (Å²) in [6.45, 7) is 0.839. The number of nitrogens with two attached hydrogens (primary N) is 1. The normalized spacial score (nSPS) is 18.6. The van der Waals surface area contributed by atoms with Gasteiger partial charge in [-0.3, -0.25) is 14.8 Å². The Morgan fingerprint density at radius 3 is 2.70 bits per heavy atom. The van der Waals surface area contributed by atoms with Gasteiger partial charge in [0.05, 0.1) is 11.4 Å². The van der Waals surface area contributed by atoms with Gasteiger partial charge in [-0.2, -0.15) is 17.0 Å². The van der Waals surface area contributed by atoms with Crippen molar-refractivity contribution in [3.05, 3.63) is 47.9 Å². The number of primary amides is 1. The molecule has 2 N–H and O–H groups in total. The molecule has 0 unspecified atom stereocenters. The van der Waals surface area contributed by atoms with Gasteiger partial charge in [-0.25, -0.2) is 0 Å². The van der Waals surface area contributed by atoms with E-state index in [-0.39, 0.29) is 5.92 Å². The molecular formula is C18H23N5O3S. The second-order valence-corrected chi connectivity index (χ2v) is 8.86. The van der Waals surface area contributed by atoms with E-state index in [9.17, 15) is 13.2 Å². The zero-order valence-electron chi connectivity index (χ0n) is 15.4. The molecule has 1 atom stereocenters. The minimum Gasteiger partial charge on any atom is -0.366 e. The van der Waals surface area contributed by atoms with Crippen LogP contribution in [-0.2, 0) is 10.2 Å². The van der Waals surface area contributed by atoms with E-state index in [0.29, 0.717) is 24.3 Å². The third-order valence-corrected chi connectivity index (χ3v) is 6.61. The number of amides is 1. The summed E-state index contributed by atoms with van der Waals surface area (Å²) >= 11 is 0. The molecule has 1 aromatic carbocycles. The van der Waals surface area contributed by atoms with Crippen LogP contribution >= 0.6 is 0 Å². The zero-order chi connectivity index (χ0) is 19.6. The Hall–Kier alpha value is -2.36. The predicted molar refractivity (Wildman–Crippen MR) is 102 cm³/mol. The van der Waals surface area contributed by atoms with Crippen molar-refractivity contribution in [3.63, 3.8) is 0 Å². The van der Waals surface area contributed by atoms with Crippen molar-refractivity contribution in [2.75, 3.05) is 27.2 Å². The van der Waals surface area contributed by atoms with Gasteiger partial charge in [0, 0.05) is 56.6 Å². The van der Waals surface area contributed by atoms with Gasteiger partial charge < -0.3 is 5.73 Å². The summed E-state index contributed by atoms with van der Waals surface area (Å²) in [6.07, 6.45) is 4.76. The first-order valence-corrected chi connectivity index (χ1v) is 10.1. The second-order valence-electron chi connectivity index (χ2n) is 6.72. The third kappa shape index (κ3) is 4.00. The molecule has 0 radical (unpaired) electrons. The zero-order valence-corrected chi connectivity index (χ0v) is 16.2. The summed E-state index contributed by atoms with van der Waals surface area (Å²) in [5.74, 6) is -0.586. The summed E-state index contributed by atoms with van der Waals surface area (Å²) in [7, 11) is -0.419. The quantitative estimate of drug-likeness (QED) is 0.827. The second kappa shape index (κ2) is 7.71. The molecule has 144 valence electrons. The standard InChI is InChI=1S/C18H23N5O3S/c1-22(2)27(25,26)23-10-4-7-15(12-23)17-16(20-8-9-21-17)13-5-3-6-14(11-13)18(19)24/h3,5-6,8-9,11,15H,4,7,10,12H2,1-2H3,(H2,19,24)/t15-/m0/s1. The molecule has 1 aliphatic heterocycles. The Morgan fingerprint density at radius 2 is 2.00 bits per heavy atom. The lowest BCUT2D eigenvalue weighted by molar-refractivity contribution is 0.100. The van der Waals surface area contributed by atoms with E-state index >= 15 is 0 Å². The smallest absolute Gasteiger partial charge is 0.281 e. The lowest BCUT2D eigenvalue weighted by Crippen LogP contribution is -2.45. The van der Waals surface area contributed by atoms with Crippen LogP contribution in [0, 0.1) is 0 Å². The van der Waals surface area contributed by atoms with Gasteiger partial charge in [-0.1, -0.05) is 12.1 Å². The van der Waals surface area contributed by atoms with Crippen molar-refractivity contribution in [1.82, 2.24) is 18.6 Å². The van der Waals surface area contributed by atoms with E-state index in [1.165, 1.54) is 22.7 Å². The van der Waals surface area contributed by atoms with E-state index in [1.807, 2.05) is 6.07 Å². The van der Waals surface area contributed by atoms with Crippen LogP contribution in [-0.4, -0.2) is 60.1 Å². The maximum Gasteiger partial charge on any atom is 0.281 e. The van der Waals surface area contributed by atoms with Crippen molar-refractivity contribution < 1.29 is 13.2 Å². The molecule has 0 saturated carbocycles. The Kier molecular flexibility index (Phi) is 5.54. The molecule has 0 aliphatic carbocycles. The maximum absolute atomic E-state index is 12.5. The van der Waals surface area contributed by atoms with Crippen molar-refractivity contribution >= 4 is 16.1 Å². The first-order valence-electron chi connectivity index (χ1n) is 8.69. The predicted octanol–water partition coefficient (Wildman–Crippen LogP) is 1.23. The number of piperidine rings is 1. The Morgan fingerprint density at radius 1 is 1.26 bits per heavy atom. The molecule has 0 spiro atoms. The van der Waals surface area contributed by atoms with Gasteiger partial charge in [0.2, 0.25) is 5.91 Å². The van der Waals surface area contributed by atoms with Crippen molar-refractivity contribution in [3.8, 4) is 11.3 Å². The average Bonchev–Trinajstić information content (AvgIpc) is 2.68. The van der Waals surface area contributed by atoms with E-state index in [4.69, 9.17) is 5.73 Å². The Balaban J connectivity index is 1.97. The largest absolute Gasteiger partial charge is 0.366 e. The Bertz CT molecular complexity index is 946. The number of carbonyl (C=O) groups excluding carboxylic acids is 1. The molecular weight excluding hydrogens is 366 g/mol. The first-order chi connectivity index (χ1) is 12.8. The van der Waals surface area contributed by atoms with Crippen LogP contribution in [0.15, 0.2) is 36.7 Å². The summed E-state index contributed by atoms with van der Waals surface area (Å²) < 4.78 is 27.7. The molecule has 1 aliphatic rings. The molecule has 8 nitrogen and oxygen atoms in total. The molecule has 1 saturated heterocycles. The van der Waals surface area contributed by atoms with Crippen LogP contribution in [0.25, 0.3) is 11.3 Å². The van der Waals surface area contributed by atoms with Crippen molar-refractivity contribution in [1.29, 1.82) is 0 Å². The fourth-order valence-corrected chi connectivity index (χ4v) is 4.49. The molecule has 1 amide bonds.